The lowest BCUT2D eigenvalue weighted by Gasteiger charge is -2.27. The van der Waals surface area contributed by atoms with Crippen molar-refractivity contribution in [1.29, 1.82) is 0 Å². The van der Waals surface area contributed by atoms with E-state index in [-0.39, 0.29) is 0 Å². The van der Waals surface area contributed by atoms with Crippen LogP contribution in [0.25, 0.3) is 11.0 Å². The first-order valence-corrected chi connectivity index (χ1v) is 8.45. The molecule has 2 aliphatic rings. The summed E-state index contributed by atoms with van der Waals surface area (Å²) in [6.45, 7) is 3.04. The second kappa shape index (κ2) is 5.15. The quantitative estimate of drug-likeness (QED) is 0.772. The first-order valence-electron chi connectivity index (χ1n) is 8.45. The van der Waals surface area contributed by atoms with Crippen LogP contribution in [0.2, 0.25) is 0 Å². The Morgan fingerprint density at radius 1 is 1.29 bits per heavy atom. The number of H-pyrrole nitrogens is 1. The molecule has 1 unspecified atom stereocenters. The molecule has 1 aliphatic carbocycles. The summed E-state index contributed by atoms with van der Waals surface area (Å²) in [6.07, 6.45) is 5.63. The first kappa shape index (κ1) is 13.7. The molecule has 1 saturated heterocycles. The monoisotopic (exact) mass is 321 g/mol. The molecule has 0 amide bonds. The normalized spacial score (nSPS) is 22.5. The zero-order valence-corrected chi connectivity index (χ0v) is 13.5. The number of piperidine rings is 1. The van der Waals surface area contributed by atoms with Gasteiger partial charge in [0.1, 0.15) is 5.82 Å². The molecule has 24 heavy (non-hydrogen) atoms. The van der Waals surface area contributed by atoms with Gasteiger partial charge in [-0.1, -0.05) is 0 Å². The Morgan fingerprint density at radius 3 is 3.00 bits per heavy atom. The molecule has 0 radical (unpaired) electrons. The molecule has 7 heteroatoms. The maximum absolute atomic E-state index is 4.82. The van der Waals surface area contributed by atoms with Crippen LogP contribution in [-0.4, -0.2) is 37.7 Å². The smallest absolute Gasteiger partial charge is 0.229 e. The van der Waals surface area contributed by atoms with Gasteiger partial charge in [-0.15, -0.1) is 0 Å². The number of anilines is 3. The summed E-state index contributed by atoms with van der Waals surface area (Å²) >= 11 is 0. The molecule has 2 bridgehead atoms. The van der Waals surface area contributed by atoms with Crippen LogP contribution in [0, 0.1) is 12.8 Å². The Hall–Kier alpha value is -2.70. The summed E-state index contributed by atoms with van der Waals surface area (Å²) in [5.74, 6) is 3.09. The minimum Gasteiger partial charge on any atom is -0.337 e. The van der Waals surface area contributed by atoms with Crippen LogP contribution in [0.1, 0.15) is 25.0 Å². The standard InChI is InChI=1S/C17H19N7/c1-10-7-14(23-22-10)19-16-13-3-2-6-18-15(13)20-17(21-16)24-9-11-4-5-12(24)8-11/h2-3,6-7,11-12H,4-5,8-9H2,1H3,(H2,18,19,20,21,22,23)/t11?,12-/m1/s1. The molecule has 1 aliphatic heterocycles. The van der Waals surface area contributed by atoms with E-state index in [1.165, 1.54) is 19.3 Å². The Labute approximate surface area is 139 Å². The SMILES string of the molecule is Cc1cc(Nc2nc(N3CC4CC[C@@H]3C4)nc3ncccc23)n[nH]1. The number of pyridine rings is 1. The Morgan fingerprint density at radius 2 is 2.25 bits per heavy atom. The number of rotatable bonds is 3. The maximum Gasteiger partial charge on any atom is 0.229 e. The van der Waals surface area contributed by atoms with E-state index in [9.17, 15) is 0 Å². The van der Waals surface area contributed by atoms with Crippen molar-refractivity contribution in [3.63, 3.8) is 0 Å². The van der Waals surface area contributed by atoms with Crippen LogP contribution in [0.5, 0.6) is 0 Å². The van der Waals surface area contributed by atoms with Crippen molar-refractivity contribution in [3.8, 4) is 0 Å². The van der Waals surface area contributed by atoms with Gasteiger partial charge in [-0.3, -0.25) is 5.10 Å². The molecule has 2 fully saturated rings. The third-order valence-corrected chi connectivity index (χ3v) is 5.08. The van der Waals surface area contributed by atoms with Crippen LogP contribution < -0.4 is 10.2 Å². The molecule has 2 N–H and O–H groups in total. The zero-order valence-electron chi connectivity index (χ0n) is 13.5. The van der Waals surface area contributed by atoms with Gasteiger partial charge in [0.05, 0.1) is 5.39 Å². The molecule has 3 aromatic heterocycles. The van der Waals surface area contributed by atoms with Crippen molar-refractivity contribution in [2.45, 2.75) is 32.2 Å². The van der Waals surface area contributed by atoms with Gasteiger partial charge in [0.25, 0.3) is 0 Å². The molecule has 5 rings (SSSR count). The van der Waals surface area contributed by atoms with Crippen molar-refractivity contribution in [1.82, 2.24) is 25.1 Å². The van der Waals surface area contributed by atoms with Gasteiger partial charge in [-0.25, -0.2) is 4.98 Å². The van der Waals surface area contributed by atoms with Gasteiger partial charge in [-0.2, -0.15) is 15.1 Å². The lowest BCUT2D eigenvalue weighted by atomic mass is 10.1. The topological polar surface area (TPSA) is 82.6 Å². The molecule has 3 aromatic rings. The average molecular weight is 321 g/mol. The molecule has 2 atom stereocenters. The highest BCUT2D eigenvalue weighted by atomic mass is 15.3. The van der Waals surface area contributed by atoms with Crippen molar-refractivity contribution < 1.29 is 0 Å². The van der Waals surface area contributed by atoms with E-state index in [1.54, 1.807) is 6.20 Å². The highest BCUT2D eigenvalue weighted by Crippen LogP contribution is 2.39. The summed E-state index contributed by atoms with van der Waals surface area (Å²) in [6, 6.07) is 6.44. The summed E-state index contributed by atoms with van der Waals surface area (Å²) < 4.78 is 0. The van der Waals surface area contributed by atoms with Crippen molar-refractivity contribution >= 4 is 28.6 Å². The number of nitrogens with zero attached hydrogens (tertiary/aromatic N) is 5. The van der Waals surface area contributed by atoms with Gasteiger partial charge in [-0.05, 0) is 44.2 Å². The van der Waals surface area contributed by atoms with Gasteiger partial charge in [0.2, 0.25) is 5.95 Å². The van der Waals surface area contributed by atoms with Gasteiger partial charge in [0, 0.05) is 30.5 Å². The highest BCUT2D eigenvalue weighted by molar-refractivity contribution is 5.89. The van der Waals surface area contributed by atoms with E-state index in [0.717, 1.165) is 46.8 Å². The van der Waals surface area contributed by atoms with Crippen molar-refractivity contribution in [2.75, 3.05) is 16.8 Å². The largest absolute Gasteiger partial charge is 0.337 e. The summed E-state index contributed by atoms with van der Waals surface area (Å²) in [5, 5.41) is 11.4. The molecule has 4 heterocycles. The summed E-state index contributed by atoms with van der Waals surface area (Å²) in [7, 11) is 0. The number of hydrogen-bond donors (Lipinski definition) is 2. The number of aromatic nitrogens is 5. The second-order valence-corrected chi connectivity index (χ2v) is 6.79. The van der Waals surface area contributed by atoms with E-state index in [0.29, 0.717) is 6.04 Å². The fourth-order valence-corrected chi connectivity index (χ4v) is 3.95. The second-order valence-electron chi connectivity index (χ2n) is 6.79. The number of hydrogen-bond acceptors (Lipinski definition) is 6. The van der Waals surface area contributed by atoms with Crippen molar-refractivity contribution in [3.05, 3.63) is 30.1 Å². The van der Waals surface area contributed by atoms with Gasteiger partial charge in [0.15, 0.2) is 11.5 Å². The van der Waals surface area contributed by atoms with Gasteiger partial charge >= 0.3 is 0 Å². The Balaban J connectivity index is 1.59. The molecule has 1 saturated carbocycles. The van der Waals surface area contributed by atoms with Gasteiger partial charge < -0.3 is 10.2 Å². The lowest BCUT2D eigenvalue weighted by molar-refractivity contribution is 0.547. The predicted octanol–water partition coefficient (Wildman–Crippen LogP) is 2.79. The fourth-order valence-electron chi connectivity index (χ4n) is 3.95. The van der Waals surface area contributed by atoms with Crippen LogP contribution in [0.3, 0.4) is 0 Å². The van der Waals surface area contributed by atoms with Crippen LogP contribution in [-0.2, 0) is 0 Å². The minimum atomic E-state index is 0.580. The van der Waals surface area contributed by atoms with E-state index in [1.807, 2.05) is 25.1 Å². The lowest BCUT2D eigenvalue weighted by Crippen LogP contribution is -2.33. The molecule has 0 aromatic carbocycles. The van der Waals surface area contributed by atoms with E-state index in [2.05, 4.69) is 25.4 Å². The van der Waals surface area contributed by atoms with E-state index in [4.69, 9.17) is 9.97 Å². The van der Waals surface area contributed by atoms with E-state index >= 15 is 0 Å². The molecule has 7 nitrogen and oxygen atoms in total. The number of aryl methyl sites for hydroxylation is 1. The number of aromatic amines is 1. The molecule has 122 valence electrons. The van der Waals surface area contributed by atoms with E-state index < -0.39 is 0 Å². The zero-order chi connectivity index (χ0) is 16.1. The first-order chi connectivity index (χ1) is 11.8. The van der Waals surface area contributed by atoms with Crippen molar-refractivity contribution in [2.24, 2.45) is 5.92 Å². The Kier molecular flexibility index (Phi) is 2.95. The molecular formula is C17H19N7. The highest BCUT2D eigenvalue weighted by Gasteiger charge is 2.39. The molecule has 0 spiro atoms. The number of fused-ring (bicyclic) bond motifs is 3. The molecular weight excluding hydrogens is 302 g/mol. The predicted molar refractivity (Wildman–Crippen MR) is 92.4 cm³/mol. The fraction of sp³-hybridized carbons (Fsp3) is 0.412. The van der Waals surface area contributed by atoms with Crippen LogP contribution in [0.15, 0.2) is 24.4 Å². The van der Waals surface area contributed by atoms with Crippen LogP contribution >= 0.6 is 0 Å². The third-order valence-electron chi connectivity index (χ3n) is 5.08. The van der Waals surface area contributed by atoms with Crippen LogP contribution in [0.4, 0.5) is 17.6 Å². The number of nitrogens with one attached hydrogen (secondary N) is 2. The third kappa shape index (κ3) is 2.19. The summed E-state index contributed by atoms with van der Waals surface area (Å²) in [4.78, 5) is 16.3. The minimum absolute atomic E-state index is 0.580. The Bertz CT molecular complexity index is 903. The summed E-state index contributed by atoms with van der Waals surface area (Å²) in [5.41, 5.74) is 1.73. The maximum atomic E-state index is 4.82. The average Bonchev–Trinajstić information content (AvgIpc) is 3.32.